The zero-order valence-electron chi connectivity index (χ0n) is 16.5. The highest BCUT2D eigenvalue weighted by Gasteiger charge is 2.54. The number of amides is 2. The first-order chi connectivity index (χ1) is 15.1. The third-order valence-corrected chi connectivity index (χ3v) is 7.50. The summed E-state index contributed by atoms with van der Waals surface area (Å²) in [4.78, 5) is 47.0. The monoisotopic (exact) mass is 507 g/mol. The van der Waals surface area contributed by atoms with Crippen LogP contribution in [-0.4, -0.2) is 82.4 Å². The number of carboxylic acids is 1. The van der Waals surface area contributed by atoms with Crippen LogP contribution in [0.4, 0.5) is 9.52 Å². The Hall–Kier alpha value is -2.72. The molecular formula is C16H18FN5O7S3. The van der Waals surface area contributed by atoms with Crippen LogP contribution < -0.4 is 11.1 Å². The number of carbonyl (C=O) groups excluding carboxylic acids is 2. The van der Waals surface area contributed by atoms with Gasteiger partial charge in [0.05, 0.1) is 5.75 Å². The van der Waals surface area contributed by atoms with E-state index in [0.717, 1.165) is 28.0 Å². The molecule has 1 aromatic heterocycles. The van der Waals surface area contributed by atoms with Crippen LogP contribution in [0.2, 0.25) is 0 Å². The molecular weight excluding hydrogens is 489 g/mol. The molecule has 0 spiro atoms. The lowest BCUT2D eigenvalue weighted by atomic mass is 10.0. The number of hydrogen-bond acceptors (Lipinski definition) is 11. The maximum Gasteiger partial charge on any atom is 0.352 e. The number of nitrogens with two attached hydrogens (primary N) is 1. The smallest absolute Gasteiger partial charge is 0.352 e. The van der Waals surface area contributed by atoms with E-state index in [1.165, 1.54) is 5.38 Å². The fourth-order valence-corrected chi connectivity index (χ4v) is 5.91. The van der Waals surface area contributed by atoms with Crippen molar-refractivity contribution >= 4 is 61.6 Å². The first-order valence-corrected chi connectivity index (χ1v) is 12.7. The molecule has 16 heteroatoms. The van der Waals surface area contributed by atoms with Crippen molar-refractivity contribution in [1.29, 1.82) is 0 Å². The summed E-state index contributed by atoms with van der Waals surface area (Å²) in [5.41, 5.74) is 4.91. The number of thioether (sulfide) groups is 1. The Bertz CT molecular complexity index is 1120. The maximum atomic E-state index is 12.8. The number of carbonyl (C=O) groups is 3. The lowest BCUT2D eigenvalue weighted by Crippen LogP contribution is -2.71. The SMILES string of the molecule is CCO/N=C(\C(=O)NC1C(=O)N2C(C(=O)O)=C(CS(=O)(=O)CF)CS[C@H]12)c1csc(N)n1. The molecule has 0 saturated carbocycles. The molecule has 0 bridgehead atoms. The summed E-state index contributed by atoms with van der Waals surface area (Å²) in [7, 11) is -4.16. The summed E-state index contributed by atoms with van der Waals surface area (Å²) in [6, 6.07) is -2.74. The standard InChI is InChI=1S/C16H18FN5O7S3/c1-2-29-21-9(8-4-31-16(18)19-8)12(23)20-10-13(24)22-11(15(25)26)7(3-30-14(10)22)5-32(27,28)6-17/h4,10,14H,2-3,5-6H2,1H3,(H2,18,19)(H,20,23)(H,25,26)/b21-9-/t10?,14-/m1/s1. The molecule has 4 N–H and O–H groups in total. The van der Waals surface area contributed by atoms with Crippen LogP contribution in [0.3, 0.4) is 0 Å². The number of sulfone groups is 1. The van der Waals surface area contributed by atoms with E-state index in [4.69, 9.17) is 10.6 Å². The van der Waals surface area contributed by atoms with Crippen LogP contribution in [0.5, 0.6) is 0 Å². The van der Waals surface area contributed by atoms with Crippen molar-refractivity contribution in [3.63, 3.8) is 0 Å². The van der Waals surface area contributed by atoms with Crippen LogP contribution in [0.25, 0.3) is 0 Å². The van der Waals surface area contributed by atoms with Gasteiger partial charge in [-0.15, -0.1) is 23.1 Å². The Morgan fingerprint density at radius 3 is 2.78 bits per heavy atom. The molecule has 2 amide bonds. The van der Waals surface area contributed by atoms with Gasteiger partial charge in [-0.2, -0.15) is 0 Å². The number of nitrogens with one attached hydrogen (secondary N) is 1. The van der Waals surface area contributed by atoms with Gasteiger partial charge in [-0.05, 0) is 12.5 Å². The number of nitrogen functional groups attached to an aromatic ring is 1. The van der Waals surface area contributed by atoms with Crippen molar-refractivity contribution in [2.75, 3.05) is 29.9 Å². The Labute approximate surface area is 189 Å². The topological polar surface area (TPSA) is 181 Å². The number of thiazole rings is 1. The number of oxime groups is 1. The highest BCUT2D eigenvalue weighted by Crippen LogP contribution is 2.40. The Balaban J connectivity index is 1.82. The number of alkyl halides is 1. The Morgan fingerprint density at radius 2 is 2.22 bits per heavy atom. The van der Waals surface area contributed by atoms with Gasteiger partial charge in [0.1, 0.15) is 29.4 Å². The predicted molar refractivity (Wildman–Crippen MR) is 114 cm³/mol. The molecule has 1 unspecified atom stereocenters. The van der Waals surface area contributed by atoms with Crippen molar-refractivity contribution in [2.45, 2.75) is 18.3 Å². The van der Waals surface area contributed by atoms with Gasteiger partial charge in [-0.3, -0.25) is 14.5 Å². The molecule has 174 valence electrons. The number of aromatic nitrogens is 1. The number of carboxylic acid groups (broad SMARTS) is 1. The molecule has 1 fully saturated rings. The summed E-state index contributed by atoms with van der Waals surface area (Å²) in [5.74, 6) is -3.94. The van der Waals surface area contributed by atoms with Crippen LogP contribution >= 0.6 is 23.1 Å². The number of fused-ring (bicyclic) bond motifs is 1. The second kappa shape index (κ2) is 9.41. The third kappa shape index (κ3) is 4.71. The quantitative estimate of drug-likeness (QED) is 0.225. The van der Waals surface area contributed by atoms with E-state index in [0.29, 0.717) is 0 Å². The van der Waals surface area contributed by atoms with Crippen molar-refractivity contribution < 1.29 is 37.1 Å². The lowest BCUT2D eigenvalue weighted by Gasteiger charge is -2.49. The second-order valence-electron chi connectivity index (χ2n) is 6.54. The average molecular weight is 508 g/mol. The lowest BCUT2D eigenvalue weighted by molar-refractivity contribution is -0.150. The predicted octanol–water partition coefficient (Wildman–Crippen LogP) is -0.454. The highest BCUT2D eigenvalue weighted by atomic mass is 32.2. The molecule has 0 aromatic carbocycles. The molecule has 0 aliphatic carbocycles. The normalized spacial score (nSPS) is 21.1. The minimum absolute atomic E-state index is 0.0653. The van der Waals surface area contributed by atoms with E-state index < -0.39 is 56.5 Å². The number of nitrogens with zero attached hydrogens (tertiary/aromatic N) is 3. The average Bonchev–Trinajstić information content (AvgIpc) is 3.17. The molecule has 2 aliphatic heterocycles. The van der Waals surface area contributed by atoms with Gasteiger partial charge in [0.2, 0.25) is 0 Å². The first kappa shape index (κ1) is 23.9. The number of rotatable bonds is 9. The number of anilines is 1. The van der Waals surface area contributed by atoms with Gasteiger partial charge in [0.15, 0.2) is 26.7 Å². The molecule has 3 rings (SSSR count). The Morgan fingerprint density at radius 1 is 1.50 bits per heavy atom. The van der Waals surface area contributed by atoms with Gasteiger partial charge in [-0.1, -0.05) is 5.16 Å². The summed E-state index contributed by atoms with van der Waals surface area (Å²) in [5, 5.41) is 16.6. The Kier molecular flexibility index (Phi) is 7.04. The molecule has 12 nitrogen and oxygen atoms in total. The first-order valence-electron chi connectivity index (χ1n) is 8.98. The summed E-state index contributed by atoms with van der Waals surface area (Å²) in [6.07, 6.45) is 0. The highest BCUT2D eigenvalue weighted by molar-refractivity contribution is 8.00. The fraction of sp³-hybridized carbons (Fsp3) is 0.438. The third-order valence-electron chi connectivity index (χ3n) is 4.36. The molecule has 0 radical (unpaired) electrons. The zero-order valence-corrected chi connectivity index (χ0v) is 18.9. The minimum atomic E-state index is -4.16. The van der Waals surface area contributed by atoms with Gasteiger partial charge < -0.3 is 21.0 Å². The molecule has 2 atom stereocenters. The van der Waals surface area contributed by atoms with Gasteiger partial charge in [0, 0.05) is 11.1 Å². The van der Waals surface area contributed by atoms with E-state index in [1.807, 2.05) is 0 Å². The van der Waals surface area contributed by atoms with E-state index in [1.54, 1.807) is 6.92 Å². The van der Waals surface area contributed by atoms with Crippen LogP contribution in [-0.2, 0) is 29.1 Å². The molecule has 1 aromatic rings. The number of aliphatic carboxylic acids is 1. The van der Waals surface area contributed by atoms with E-state index in [9.17, 15) is 32.3 Å². The van der Waals surface area contributed by atoms with Crippen LogP contribution in [0.1, 0.15) is 12.6 Å². The number of halogens is 1. The summed E-state index contributed by atoms with van der Waals surface area (Å²) >= 11 is 2.13. The molecule has 1 saturated heterocycles. The number of hydrogen-bond donors (Lipinski definition) is 3. The van der Waals surface area contributed by atoms with Gasteiger partial charge in [-0.25, -0.2) is 22.6 Å². The van der Waals surface area contributed by atoms with Gasteiger partial charge >= 0.3 is 5.97 Å². The largest absolute Gasteiger partial charge is 0.477 e. The molecule has 3 heterocycles. The zero-order chi connectivity index (χ0) is 23.6. The number of β-lactam (4-membered cyclic amide) rings is 1. The molecule has 2 aliphatic rings. The van der Waals surface area contributed by atoms with E-state index in [2.05, 4.69) is 15.5 Å². The summed E-state index contributed by atoms with van der Waals surface area (Å²) in [6.45, 7) is 1.82. The second-order valence-corrected chi connectivity index (χ2v) is 10.5. The summed E-state index contributed by atoms with van der Waals surface area (Å²) < 4.78 is 35.9. The van der Waals surface area contributed by atoms with Crippen molar-refractivity contribution in [3.05, 3.63) is 22.3 Å². The van der Waals surface area contributed by atoms with Gasteiger partial charge in [0.25, 0.3) is 11.8 Å². The maximum absolute atomic E-state index is 12.8. The minimum Gasteiger partial charge on any atom is -0.477 e. The van der Waals surface area contributed by atoms with E-state index in [-0.39, 0.29) is 34.5 Å². The van der Waals surface area contributed by atoms with Crippen molar-refractivity contribution in [2.24, 2.45) is 5.16 Å². The fourth-order valence-electron chi connectivity index (χ4n) is 3.04. The van der Waals surface area contributed by atoms with Crippen molar-refractivity contribution in [1.82, 2.24) is 15.2 Å². The molecule has 32 heavy (non-hydrogen) atoms. The van der Waals surface area contributed by atoms with Crippen LogP contribution in [0, 0.1) is 0 Å². The van der Waals surface area contributed by atoms with E-state index >= 15 is 0 Å². The van der Waals surface area contributed by atoms with Crippen LogP contribution in [0.15, 0.2) is 21.8 Å². The van der Waals surface area contributed by atoms with Crippen molar-refractivity contribution in [3.8, 4) is 0 Å².